The number of aliphatic hydroxyl groups is 1. The van der Waals surface area contributed by atoms with Gasteiger partial charge in [-0.3, -0.25) is 9.59 Å². The zero-order valence-electron chi connectivity index (χ0n) is 25.3. The number of Topliss-reactive ketones (excluding diaryl/α,β-unsaturated/α-hetero) is 1. The summed E-state index contributed by atoms with van der Waals surface area (Å²) < 4.78 is 5.30. The summed E-state index contributed by atoms with van der Waals surface area (Å²) in [5, 5.41) is 21.4. The molecule has 0 bridgehead atoms. The molecule has 0 aromatic heterocycles. The number of aliphatic hydroxyl groups excluding tert-OH is 1. The van der Waals surface area contributed by atoms with Crippen molar-refractivity contribution in [1.82, 2.24) is 4.90 Å². The van der Waals surface area contributed by atoms with Gasteiger partial charge in [0.05, 0.1) is 18.7 Å². The third-order valence-corrected chi connectivity index (χ3v) is 8.14. The highest BCUT2D eigenvalue weighted by molar-refractivity contribution is 6.46. The van der Waals surface area contributed by atoms with E-state index in [1.807, 2.05) is 19.1 Å². The van der Waals surface area contributed by atoms with Crippen LogP contribution in [0.2, 0.25) is 0 Å². The molecule has 2 aromatic carbocycles. The second-order valence-electron chi connectivity index (χ2n) is 11.4. The lowest BCUT2D eigenvalue weighted by Gasteiger charge is -2.26. The van der Waals surface area contributed by atoms with Crippen LogP contribution in [-0.2, 0) is 9.59 Å². The van der Waals surface area contributed by atoms with Gasteiger partial charge in [0, 0.05) is 12.1 Å². The van der Waals surface area contributed by atoms with Gasteiger partial charge < -0.3 is 19.8 Å². The summed E-state index contributed by atoms with van der Waals surface area (Å²) in [6, 6.07) is 11.3. The van der Waals surface area contributed by atoms with Crippen molar-refractivity contribution in [2.45, 2.75) is 110 Å². The van der Waals surface area contributed by atoms with Gasteiger partial charge in [0.2, 0.25) is 0 Å². The number of aryl methyl sites for hydroxylation is 1. The number of unbranched alkanes of at least 4 members (excludes halogenated alkanes) is 13. The molecule has 0 saturated carbocycles. The number of phenolic OH excluding ortho intramolecular Hbond substituents is 1. The highest BCUT2D eigenvalue weighted by atomic mass is 16.5. The number of likely N-dealkylation sites (tertiary alicyclic amines) is 1. The zero-order chi connectivity index (χ0) is 29.6. The van der Waals surface area contributed by atoms with E-state index < -0.39 is 17.7 Å². The summed E-state index contributed by atoms with van der Waals surface area (Å²) in [5.74, 6) is -1.27. The van der Waals surface area contributed by atoms with E-state index in [4.69, 9.17) is 4.74 Å². The van der Waals surface area contributed by atoms with Gasteiger partial charge in [-0.05, 0) is 31.0 Å². The predicted octanol–water partition coefficient (Wildman–Crippen LogP) is 8.61. The third-order valence-electron chi connectivity index (χ3n) is 8.14. The number of hydrogen-bond acceptors (Lipinski definition) is 5. The fourth-order valence-corrected chi connectivity index (χ4v) is 5.67. The van der Waals surface area contributed by atoms with E-state index in [0.29, 0.717) is 17.7 Å². The summed E-state index contributed by atoms with van der Waals surface area (Å²) in [6.07, 6.45) is 17.4. The molecule has 41 heavy (non-hydrogen) atoms. The van der Waals surface area contributed by atoms with Crippen LogP contribution in [0, 0.1) is 6.92 Å². The van der Waals surface area contributed by atoms with E-state index in [9.17, 15) is 19.8 Å². The number of nitrogens with zero attached hydrogens (tertiary/aromatic N) is 1. The molecule has 1 aliphatic heterocycles. The molecule has 1 amide bonds. The molecule has 3 rings (SSSR count). The fourth-order valence-electron chi connectivity index (χ4n) is 5.67. The van der Waals surface area contributed by atoms with Gasteiger partial charge in [0.25, 0.3) is 11.7 Å². The SMILES string of the molecule is CCCCCCCCCCCCCCCCN1C(=O)C(=O)/C(=C(/O)c2ccc(C)cc2)[C@H]1c1ccc(O)c(OC)c1. The third kappa shape index (κ3) is 9.11. The van der Waals surface area contributed by atoms with E-state index in [1.165, 1.54) is 83.8 Å². The van der Waals surface area contributed by atoms with Crippen LogP contribution < -0.4 is 4.74 Å². The maximum Gasteiger partial charge on any atom is 0.295 e. The molecule has 224 valence electrons. The number of ketones is 1. The summed E-state index contributed by atoms with van der Waals surface area (Å²) >= 11 is 0. The van der Waals surface area contributed by atoms with Gasteiger partial charge in [0.15, 0.2) is 11.5 Å². The van der Waals surface area contributed by atoms with E-state index in [2.05, 4.69) is 6.92 Å². The Bertz CT molecular complexity index is 1150. The number of ether oxygens (including phenoxy) is 1. The first-order valence-electron chi connectivity index (χ1n) is 15.6. The van der Waals surface area contributed by atoms with Crippen LogP contribution in [-0.4, -0.2) is 40.5 Å². The zero-order valence-corrected chi connectivity index (χ0v) is 25.3. The molecule has 6 heteroatoms. The van der Waals surface area contributed by atoms with Crippen LogP contribution in [0.4, 0.5) is 0 Å². The second kappa shape index (κ2) is 16.9. The minimum absolute atomic E-state index is 0.0290. The van der Waals surface area contributed by atoms with Gasteiger partial charge >= 0.3 is 0 Å². The largest absolute Gasteiger partial charge is 0.507 e. The lowest BCUT2D eigenvalue weighted by atomic mass is 9.94. The molecule has 6 nitrogen and oxygen atoms in total. The van der Waals surface area contributed by atoms with Crippen molar-refractivity contribution in [3.63, 3.8) is 0 Å². The maximum atomic E-state index is 13.3. The average molecular weight is 564 g/mol. The second-order valence-corrected chi connectivity index (χ2v) is 11.4. The van der Waals surface area contributed by atoms with Crippen LogP contribution >= 0.6 is 0 Å². The number of aromatic hydroxyl groups is 1. The summed E-state index contributed by atoms with van der Waals surface area (Å²) in [7, 11) is 1.46. The van der Waals surface area contributed by atoms with Crippen molar-refractivity contribution in [1.29, 1.82) is 0 Å². The monoisotopic (exact) mass is 563 g/mol. The first kappa shape index (κ1) is 32.2. The average Bonchev–Trinajstić information content (AvgIpc) is 3.22. The molecule has 2 aromatic rings. The Morgan fingerprint density at radius 1 is 0.805 bits per heavy atom. The molecule has 0 unspecified atom stereocenters. The minimum Gasteiger partial charge on any atom is -0.507 e. The van der Waals surface area contributed by atoms with Crippen molar-refractivity contribution in [2.75, 3.05) is 13.7 Å². The highest BCUT2D eigenvalue weighted by Gasteiger charge is 2.46. The van der Waals surface area contributed by atoms with Crippen LogP contribution in [0.25, 0.3) is 5.76 Å². The van der Waals surface area contributed by atoms with Crippen LogP contribution in [0.1, 0.15) is 120 Å². The van der Waals surface area contributed by atoms with Crippen molar-refractivity contribution >= 4 is 17.4 Å². The Morgan fingerprint density at radius 2 is 1.34 bits per heavy atom. The molecule has 1 aliphatic rings. The Morgan fingerprint density at radius 3 is 1.88 bits per heavy atom. The molecule has 1 heterocycles. The van der Waals surface area contributed by atoms with E-state index in [-0.39, 0.29) is 22.8 Å². The number of phenols is 1. The van der Waals surface area contributed by atoms with E-state index >= 15 is 0 Å². The van der Waals surface area contributed by atoms with Gasteiger partial charge in [-0.2, -0.15) is 0 Å². The Kier molecular flexibility index (Phi) is 13.3. The van der Waals surface area contributed by atoms with Crippen molar-refractivity contribution in [3.8, 4) is 11.5 Å². The first-order chi connectivity index (χ1) is 19.9. The van der Waals surface area contributed by atoms with Gasteiger partial charge in [0.1, 0.15) is 5.76 Å². The number of rotatable bonds is 18. The lowest BCUT2D eigenvalue weighted by Crippen LogP contribution is -2.30. The molecule has 0 spiro atoms. The summed E-state index contributed by atoms with van der Waals surface area (Å²) in [6.45, 7) is 4.62. The number of carbonyl (C=O) groups excluding carboxylic acids is 2. The molecule has 2 N–H and O–H groups in total. The first-order valence-corrected chi connectivity index (χ1v) is 15.6. The quantitative estimate of drug-likeness (QED) is 0.0820. The Labute approximate surface area is 246 Å². The topological polar surface area (TPSA) is 87.1 Å². The minimum atomic E-state index is -0.757. The summed E-state index contributed by atoms with van der Waals surface area (Å²) in [5.41, 5.74) is 2.19. The molecule has 0 aliphatic carbocycles. The highest BCUT2D eigenvalue weighted by Crippen LogP contribution is 2.42. The number of hydrogen-bond donors (Lipinski definition) is 2. The lowest BCUT2D eigenvalue weighted by molar-refractivity contribution is -0.139. The molecular weight excluding hydrogens is 514 g/mol. The molecular formula is C35H49NO5. The van der Waals surface area contributed by atoms with E-state index in [1.54, 1.807) is 29.2 Å². The Balaban J connectivity index is 1.59. The van der Waals surface area contributed by atoms with Crippen molar-refractivity contribution in [3.05, 3.63) is 64.7 Å². The fraction of sp³-hybridized carbons (Fsp3) is 0.543. The van der Waals surface area contributed by atoms with E-state index in [0.717, 1.165) is 24.8 Å². The molecule has 1 fully saturated rings. The number of amides is 1. The number of carbonyl (C=O) groups is 2. The molecule has 1 atom stereocenters. The van der Waals surface area contributed by atoms with Crippen molar-refractivity contribution in [2.24, 2.45) is 0 Å². The van der Waals surface area contributed by atoms with Crippen LogP contribution in [0.3, 0.4) is 0 Å². The normalized spacial score (nSPS) is 16.5. The predicted molar refractivity (Wildman–Crippen MR) is 165 cm³/mol. The maximum absolute atomic E-state index is 13.3. The Hall–Kier alpha value is -3.28. The van der Waals surface area contributed by atoms with Gasteiger partial charge in [-0.1, -0.05) is 126 Å². The molecule has 1 saturated heterocycles. The van der Waals surface area contributed by atoms with Crippen molar-refractivity contribution < 1.29 is 24.5 Å². The van der Waals surface area contributed by atoms with Crippen LogP contribution in [0.5, 0.6) is 11.5 Å². The van der Waals surface area contributed by atoms with Crippen LogP contribution in [0.15, 0.2) is 48.0 Å². The molecule has 0 radical (unpaired) electrons. The van der Waals surface area contributed by atoms with Gasteiger partial charge in [-0.15, -0.1) is 0 Å². The number of benzene rings is 2. The number of methoxy groups -OCH3 is 1. The smallest absolute Gasteiger partial charge is 0.295 e. The standard InChI is InChI=1S/C35H49NO5/c1-4-5-6-7-8-9-10-11-12-13-14-15-16-17-24-36-32(28-22-23-29(37)30(25-28)41-3)31(34(39)35(36)40)33(38)27-20-18-26(2)19-21-27/h18-23,25,32,37-38H,4-17,24H2,1-3H3/b33-31+/t32-/m1/s1. The van der Waals surface area contributed by atoms with Gasteiger partial charge in [-0.25, -0.2) is 0 Å². The summed E-state index contributed by atoms with van der Waals surface area (Å²) in [4.78, 5) is 28.1.